The Morgan fingerprint density at radius 3 is 2.41 bits per heavy atom. The molecule has 9 nitrogen and oxygen atoms in total. The molecule has 0 aliphatic carbocycles. The highest BCUT2D eigenvalue weighted by molar-refractivity contribution is 6.37. The van der Waals surface area contributed by atoms with Crippen LogP contribution in [0, 0.1) is 20.2 Å². The lowest BCUT2D eigenvalue weighted by atomic mass is 10.1. The number of non-ortho nitro benzene ring substituents is 1. The molecule has 0 spiro atoms. The minimum absolute atomic E-state index is 0.0373. The van der Waals surface area contributed by atoms with Crippen LogP contribution >= 0.6 is 23.2 Å². The number of carbonyl (C=O) groups is 1. The topological polar surface area (TPSA) is 125 Å². The summed E-state index contributed by atoms with van der Waals surface area (Å²) in [6, 6.07) is 7.51. The summed E-state index contributed by atoms with van der Waals surface area (Å²) >= 11 is 11.9. The molecule has 1 heterocycles. The molecule has 3 rings (SSSR count). The second-order valence-corrected chi connectivity index (χ2v) is 6.06. The minimum atomic E-state index is -0.844. The van der Waals surface area contributed by atoms with Crippen LogP contribution in [0.4, 0.5) is 11.4 Å². The van der Waals surface area contributed by atoms with Gasteiger partial charge >= 0.3 is 5.97 Å². The third kappa shape index (κ3) is 3.78. The van der Waals surface area contributed by atoms with E-state index in [0.29, 0.717) is 10.6 Å². The van der Waals surface area contributed by atoms with Gasteiger partial charge in [0.15, 0.2) is 5.70 Å². The van der Waals surface area contributed by atoms with E-state index in [4.69, 9.17) is 27.9 Å². The second kappa shape index (κ2) is 7.14. The Morgan fingerprint density at radius 1 is 1.04 bits per heavy atom. The van der Waals surface area contributed by atoms with Gasteiger partial charge in [0, 0.05) is 11.1 Å². The summed E-state index contributed by atoms with van der Waals surface area (Å²) in [5, 5.41) is 22.6. The first-order valence-electron chi connectivity index (χ1n) is 7.17. The fraction of sp³-hybridized carbons (Fsp3) is 0. The van der Waals surface area contributed by atoms with Crippen LogP contribution in [-0.2, 0) is 9.53 Å². The van der Waals surface area contributed by atoms with Gasteiger partial charge in [-0.2, -0.15) is 0 Å². The van der Waals surface area contributed by atoms with Crippen molar-refractivity contribution in [1.29, 1.82) is 0 Å². The Morgan fingerprint density at radius 2 is 1.78 bits per heavy atom. The largest absolute Gasteiger partial charge is 0.402 e. The molecule has 0 saturated carbocycles. The molecule has 0 amide bonds. The van der Waals surface area contributed by atoms with Crippen LogP contribution in [0.3, 0.4) is 0 Å². The molecule has 2 aromatic carbocycles. The van der Waals surface area contributed by atoms with Gasteiger partial charge in [-0.15, -0.1) is 0 Å². The van der Waals surface area contributed by atoms with Crippen molar-refractivity contribution in [3.8, 4) is 0 Å². The Bertz CT molecular complexity index is 1060. The van der Waals surface area contributed by atoms with Gasteiger partial charge < -0.3 is 4.74 Å². The van der Waals surface area contributed by atoms with Gasteiger partial charge in [0.25, 0.3) is 11.4 Å². The van der Waals surface area contributed by atoms with E-state index in [1.807, 2.05) is 0 Å². The molecular formula is C16H7Cl2N3O6. The number of halogens is 2. The highest BCUT2D eigenvalue weighted by Gasteiger charge is 2.27. The number of nitro benzene ring substituents is 2. The normalized spacial score (nSPS) is 14.8. The molecule has 0 fully saturated rings. The first kappa shape index (κ1) is 18.5. The summed E-state index contributed by atoms with van der Waals surface area (Å²) in [5.74, 6) is -0.929. The smallest absolute Gasteiger partial charge is 0.363 e. The summed E-state index contributed by atoms with van der Waals surface area (Å²) < 4.78 is 5.05. The predicted molar refractivity (Wildman–Crippen MR) is 96.8 cm³/mol. The second-order valence-electron chi connectivity index (χ2n) is 5.22. The molecule has 1 aliphatic heterocycles. The number of cyclic esters (lactones) is 1. The van der Waals surface area contributed by atoms with Crippen LogP contribution in [0.15, 0.2) is 47.1 Å². The number of nitro groups is 2. The first-order valence-corrected chi connectivity index (χ1v) is 7.92. The van der Waals surface area contributed by atoms with Crippen molar-refractivity contribution in [1.82, 2.24) is 0 Å². The number of ether oxygens (including phenoxy) is 1. The summed E-state index contributed by atoms with van der Waals surface area (Å²) in [7, 11) is 0. The lowest BCUT2D eigenvalue weighted by Gasteiger charge is -2.02. The Balaban J connectivity index is 2.04. The predicted octanol–water partition coefficient (Wildman–Crippen LogP) is 4.15. The number of hydrogen-bond donors (Lipinski definition) is 0. The number of hydrogen-bond acceptors (Lipinski definition) is 7. The van der Waals surface area contributed by atoms with Crippen LogP contribution in [0.2, 0.25) is 10.0 Å². The van der Waals surface area contributed by atoms with Gasteiger partial charge in [-0.1, -0.05) is 23.2 Å². The van der Waals surface area contributed by atoms with Crippen molar-refractivity contribution >= 4 is 52.5 Å². The SMILES string of the molecule is O=C1OC(c2ccc(Cl)cc2Cl)=N/C1=C/c1ccc([N+](=O)[O-])cc1[N+](=O)[O-]. The molecule has 1 aliphatic rings. The number of rotatable bonds is 4. The van der Waals surface area contributed by atoms with Gasteiger partial charge in [-0.25, -0.2) is 9.79 Å². The zero-order valence-corrected chi connectivity index (χ0v) is 14.6. The quantitative estimate of drug-likeness (QED) is 0.324. The maximum absolute atomic E-state index is 12.0. The molecule has 136 valence electrons. The molecule has 0 atom stereocenters. The van der Waals surface area contributed by atoms with E-state index in [1.54, 1.807) is 0 Å². The van der Waals surface area contributed by atoms with E-state index in [9.17, 15) is 25.0 Å². The molecule has 2 aromatic rings. The van der Waals surface area contributed by atoms with Crippen molar-refractivity contribution in [3.63, 3.8) is 0 Å². The van der Waals surface area contributed by atoms with Crippen molar-refractivity contribution in [2.45, 2.75) is 0 Å². The summed E-state index contributed by atoms with van der Waals surface area (Å²) in [5.41, 5.74) is -0.929. The van der Waals surface area contributed by atoms with E-state index >= 15 is 0 Å². The number of aliphatic imine (C=N–C) groups is 1. The van der Waals surface area contributed by atoms with Gasteiger partial charge in [0.1, 0.15) is 0 Å². The number of nitrogens with zero attached hydrogens (tertiary/aromatic N) is 3. The average Bonchev–Trinajstić information content (AvgIpc) is 2.95. The third-order valence-electron chi connectivity index (χ3n) is 3.50. The number of benzene rings is 2. The van der Waals surface area contributed by atoms with Crippen LogP contribution in [-0.4, -0.2) is 21.7 Å². The maximum atomic E-state index is 12.0. The lowest BCUT2D eigenvalue weighted by Crippen LogP contribution is -2.06. The van der Waals surface area contributed by atoms with E-state index in [1.165, 1.54) is 18.2 Å². The summed E-state index contributed by atoms with van der Waals surface area (Å²) in [6.07, 6.45) is 1.11. The van der Waals surface area contributed by atoms with Gasteiger partial charge in [0.2, 0.25) is 5.90 Å². The van der Waals surface area contributed by atoms with E-state index in [-0.39, 0.29) is 22.2 Å². The standard InChI is InChI=1S/C16H7Cl2N3O6/c17-9-2-4-11(12(18)6-9)15-19-13(16(22)27-15)5-8-1-3-10(20(23)24)7-14(8)21(25)26/h1-7H/b13-5+. The monoisotopic (exact) mass is 407 g/mol. The molecule has 0 N–H and O–H groups in total. The Kier molecular flexibility index (Phi) is 4.89. The van der Waals surface area contributed by atoms with Crippen molar-refractivity contribution in [2.75, 3.05) is 0 Å². The van der Waals surface area contributed by atoms with E-state index < -0.39 is 27.2 Å². The molecule has 27 heavy (non-hydrogen) atoms. The molecular weight excluding hydrogens is 401 g/mol. The fourth-order valence-electron chi connectivity index (χ4n) is 2.26. The number of carbonyl (C=O) groups excluding carboxylic acids is 1. The first-order chi connectivity index (χ1) is 12.8. The summed E-state index contributed by atoms with van der Waals surface area (Å²) in [6.45, 7) is 0. The number of esters is 1. The van der Waals surface area contributed by atoms with Gasteiger partial charge in [-0.05, 0) is 30.3 Å². The zero-order valence-electron chi connectivity index (χ0n) is 13.1. The molecule has 0 radical (unpaired) electrons. The highest BCUT2D eigenvalue weighted by Crippen LogP contribution is 2.30. The van der Waals surface area contributed by atoms with Crippen molar-refractivity contribution < 1.29 is 19.4 Å². The molecule has 0 unspecified atom stereocenters. The van der Waals surface area contributed by atoms with Crippen LogP contribution < -0.4 is 0 Å². The van der Waals surface area contributed by atoms with Crippen LogP contribution in [0.25, 0.3) is 6.08 Å². The Labute approximate surface area is 160 Å². The molecule has 11 heteroatoms. The zero-order chi connectivity index (χ0) is 19.7. The van der Waals surface area contributed by atoms with Crippen LogP contribution in [0.1, 0.15) is 11.1 Å². The summed E-state index contributed by atoms with van der Waals surface area (Å²) in [4.78, 5) is 36.5. The van der Waals surface area contributed by atoms with Crippen LogP contribution in [0.5, 0.6) is 0 Å². The fourth-order valence-corrected chi connectivity index (χ4v) is 2.75. The average molecular weight is 408 g/mol. The van der Waals surface area contributed by atoms with E-state index in [2.05, 4.69) is 4.99 Å². The third-order valence-corrected chi connectivity index (χ3v) is 4.04. The van der Waals surface area contributed by atoms with Crippen molar-refractivity contribution in [3.05, 3.63) is 83.5 Å². The minimum Gasteiger partial charge on any atom is -0.402 e. The van der Waals surface area contributed by atoms with Gasteiger partial charge in [0.05, 0.1) is 32.1 Å². The highest BCUT2D eigenvalue weighted by atomic mass is 35.5. The van der Waals surface area contributed by atoms with Crippen molar-refractivity contribution in [2.24, 2.45) is 4.99 Å². The molecule has 0 saturated heterocycles. The Hall–Kier alpha value is -3.30. The maximum Gasteiger partial charge on any atom is 0.363 e. The van der Waals surface area contributed by atoms with E-state index in [0.717, 1.165) is 24.3 Å². The molecule has 0 bridgehead atoms. The van der Waals surface area contributed by atoms with Gasteiger partial charge in [-0.3, -0.25) is 20.2 Å². The lowest BCUT2D eigenvalue weighted by molar-refractivity contribution is -0.394. The molecule has 0 aromatic heterocycles.